The van der Waals surface area contributed by atoms with Gasteiger partial charge in [-0.25, -0.2) is 4.79 Å². The molecule has 3 aromatic rings. The quantitative estimate of drug-likeness (QED) is 0.188. The Morgan fingerprint density at radius 2 is 1.46 bits per heavy atom. The molecule has 0 bridgehead atoms. The zero-order chi connectivity index (χ0) is 29.1. The lowest BCUT2D eigenvalue weighted by Crippen LogP contribution is -2.63. The van der Waals surface area contributed by atoms with E-state index in [1.54, 1.807) is 99.0 Å². The molecular weight excluding hydrogens is 549 g/mol. The number of nitrogens with zero attached hydrogens (tertiary/aromatic N) is 1. The van der Waals surface area contributed by atoms with Crippen LogP contribution in [0.5, 0.6) is 17.2 Å². The van der Waals surface area contributed by atoms with Crippen LogP contribution in [0.4, 0.5) is 0 Å². The molecule has 0 unspecified atom stereocenters. The molecule has 2 aliphatic rings. The van der Waals surface area contributed by atoms with Gasteiger partial charge in [-0.1, -0.05) is 55.5 Å². The first-order valence-corrected chi connectivity index (χ1v) is 14.5. The molecule has 214 valence electrons. The fraction of sp³-hybridized carbons (Fsp3) is 0.267. The van der Waals surface area contributed by atoms with Gasteiger partial charge < -0.3 is 28.2 Å². The topological polar surface area (TPSA) is 121 Å². The fourth-order valence-electron chi connectivity index (χ4n) is 4.97. The summed E-state index contributed by atoms with van der Waals surface area (Å²) in [5.41, 5.74) is 0.485. The number of aliphatic hydroxyl groups excluding tert-OH is 1. The number of benzene rings is 3. The molecule has 0 saturated carbocycles. The molecule has 0 radical (unpaired) electrons. The van der Waals surface area contributed by atoms with Gasteiger partial charge in [0.05, 0.1) is 25.2 Å². The molecule has 2 aliphatic heterocycles. The van der Waals surface area contributed by atoms with E-state index in [1.165, 1.54) is 11.8 Å². The van der Waals surface area contributed by atoms with Crippen LogP contribution in [0, 0.1) is 11.8 Å². The number of β-lactam (4-membered cyclic amide) rings is 1. The lowest BCUT2D eigenvalue weighted by molar-refractivity contribution is -0.164. The number of para-hydroxylation sites is 2. The van der Waals surface area contributed by atoms with Gasteiger partial charge in [0.15, 0.2) is 5.70 Å². The highest BCUT2D eigenvalue weighted by molar-refractivity contribution is 7.49. The van der Waals surface area contributed by atoms with E-state index in [0.717, 1.165) is 0 Å². The number of esters is 1. The van der Waals surface area contributed by atoms with Crippen molar-refractivity contribution in [2.24, 2.45) is 11.8 Å². The van der Waals surface area contributed by atoms with Crippen molar-refractivity contribution in [3.05, 3.63) is 102 Å². The normalized spacial score (nSPS) is 20.5. The van der Waals surface area contributed by atoms with Gasteiger partial charge in [-0.05, 0) is 48.9 Å². The summed E-state index contributed by atoms with van der Waals surface area (Å²) in [5.74, 6) is -1.74. The molecule has 10 nitrogen and oxygen atoms in total. The van der Waals surface area contributed by atoms with Crippen LogP contribution in [-0.2, 0) is 30.0 Å². The van der Waals surface area contributed by atoms with E-state index in [0.29, 0.717) is 11.3 Å². The van der Waals surface area contributed by atoms with E-state index in [9.17, 15) is 19.3 Å². The van der Waals surface area contributed by atoms with Crippen molar-refractivity contribution < 1.29 is 42.3 Å². The van der Waals surface area contributed by atoms with Crippen molar-refractivity contribution in [2.45, 2.75) is 32.6 Å². The van der Waals surface area contributed by atoms with Gasteiger partial charge in [0.25, 0.3) is 0 Å². The summed E-state index contributed by atoms with van der Waals surface area (Å²) in [6.45, 7) is 3.13. The summed E-state index contributed by atoms with van der Waals surface area (Å²) < 4.78 is 42.4. The summed E-state index contributed by atoms with van der Waals surface area (Å²) >= 11 is 0. The summed E-state index contributed by atoms with van der Waals surface area (Å²) in [5, 5.41) is 10.3. The molecule has 1 N–H and O–H groups in total. The number of hydrogen-bond acceptors (Lipinski definition) is 9. The summed E-state index contributed by atoms with van der Waals surface area (Å²) in [4.78, 5) is 27.8. The molecule has 0 spiro atoms. The molecule has 5 rings (SSSR count). The monoisotopic (exact) mass is 579 g/mol. The summed E-state index contributed by atoms with van der Waals surface area (Å²) in [6, 6.07) is 23.0. The van der Waals surface area contributed by atoms with E-state index < -0.39 is 43.7 Å². The molecule has 1 fully saturated rings. The molecule has 3 aromatic carbocycles. The van der Waals surface area contributed by atoms with Crippen LogP contribution < -0.4 is 13.8 Å². The van der Waals surface area contributed by atoms with Gasteiger partial charge in [0, 0.05) is 5.92 Å². The Balaban J connectivity index is 1.49. The number of aliphatic hydroxyl groups is 1. The number of fused-ring (bicyclic) bond motifs is 1. The highest BCUT2D eigenvalue weighted by Gasteiger charge is 2.62. The number of rotatable bonds is 11. The van der Waals surface area contributed by atoms with E-state index in [1.807, 2.05) is 0 Å². The Morgan fingerprint density at radius 3 is 1.98 bits per heavy atom. The van der Waals surface area contributed by atoms with Gasteiger partial charge >= 0.3 is 13.8 Å². The number of ether oxygens (including phenoxy) is 2. The van der Waals surface area contributed by atoms with Crippen molar-refractivity contribution in [1.29, 1.82) is 0 Å². The Labute approximate surface area is 237 Å². The Morgan fingerprint density at radius 1 is 0.902 bits per heavy atom. The van der Waals surface area contributed by atoms with Crippen LogP contribution in [0.1, 0.15) is 19.4 Å². The lowest BCUT2D eigenvalue weighted by Gasteiger charge is -2.46. The molecular formula is C30H30NO9P. The number of amides is 1. The smallest absolute Gasteiger partial charge is 0.497 e. The highest BCUT2D eigenvalue weighted by atomic mass is 31.2. The average molecular weight is 580 g/mol. The van der Waals surface area contributed by atoms with Crippen molar-refractivity contribution in [3.63, 3.8) is 0 Å². The number of methoxy groups -OCH3 is 1. The molecule has 1 saturated heterocycles. The van der Waals surface area contributed by atoms with Crippen LogP contribution in [0.3, 0.4) is 0 Å². The third-order valence-electron chi connectivity index (χ3n) is 6.96. The second-order valence-electron chi connectivity index (χ2n) is 9.74. The van der Waals surface area contributed by atoms with Gasteiger partial charge in [0.2, 0.25) is 5.91 Å². The molecule has 41 heavy (non-hydrogen) atoms. The van der Waals surface area contributed by atoms with Gasteiger partial charge in [-0.15, -0.1) is 0 Å². The third-order valence-corrected chi connectivity index (χ3v) is 8.25. The van der Waals surface area contributed by atoms with Gasteiger partial charge in [-0.2, -0.15) is 4.57 Å². The molecule has 2 heterocycles. The number of hydrogen-bond donors (Lipinski definition) is 1. The standard InChI is InChI=1S/C30H30NO9P/c1-19-26-25(20(2)32)29(33)31(26)27(30(34)37-18-21-14-16-22(36-3)17-15-21)28(19)40-41(35,38-23-10-6-4-7-11-23)39-24-12-8-5-9-13-24/h4-17,19-20,25-26,32H,18H2,1-3H3/t19-,20-,25-,26+/m1/s1. The van der Waals surface area contributed by atoms with Crippen LogP contribution in [0.2, 0.25) is 0 Å². The van der Waals surface area contributed by atoms with E-state index >= 15 is 0 Å². The maximum Gasteiger partial charge on any atom is 0.646 e. The van der Waals surface area contributed by atoms with E-state index in [2.05, 4.69) is 0 Å². The second-order valence-corrected chi connectivity index (χ2v) is 11.2. The maximum atomic E-state index is 14.2. The largest absolute Gasteiger partial charge is 0.646 e. The third kappa shape index (κ3) is 5.80. The Bertz CT molecular complexity index is 1430. The number of carbonyl (C=O) groups excluding carboxylic acids is 2. The first kappa shape index (κ1) is 28.3. The van der Waals surface area contributed by atoms with Gasteiger partial charge in [-0.3, -0.25) is 9.69 Å². The predicted octanol–water partition coefficient (Wildman–Crippen LogP) is 5.09. The zero-order valence-electron chi connectivity index (χ0n) is 22.7. The zero-order valence-corrected chi connectivity index (χ0v) is 23.6. The minimum atomic E-state index is -4.48. The van der Waals surface area contributed by atoms with Crippen LogP contribution in [-0.4, -0.2) is 41.1 Å². The molecule has 4 atom stereocenters. The van der Waals surface area contributed by atoms with E-state index in [4.69, 9.17) is 23.0 Å². The number of phosphoric ester groups is 1. The predicted molar refractivity (Wildman–Crippen MR) is 148 cm³/mol. The van der Waals surface area contributed by atoms with E-state index in [-0.39, 0.29) is 29.6 Å². The minimum absolute atomic E-state index is 0.0820. The Kier molecular flexibility index (Phi) is 8.06. The van der Waals surface area contributed by atoms with Gasteiger partial charge in [0.1, 0.15) is 29.6 Å². The highest BCUT2D eigenvalue weighted by Crippen LogP contribution is 2.57. The van der Waals surface area contributed by atoms with Crippen molar-refractivity contribution in [1.82, 2.24) is 4.90 Å². The van der Waals surface area contributed by atoms with Crippen molar-refractivity contribution >= 4 is 19.7 Å². The fourth-order valence-corrected chi connectivity index (χ4v) is 6.33. The number of carbonyl (C=O) groups is 2. The minimum Gasteiger partial charge on any atom is -0.497 e. The first-order chi connectivity index (χ1) is 19.7. The molecule has 1 amide bonds. The van der Waals surface area contributed by atoms with Crippen molar-refractivity contribution in [3.8, 4) is 17.2 Å². The summed E-state index contributed by atoms with van der Waals surface area (Å²) in [6.07, 6.45) is -0.977. The second kappa shape index (κ2) is 11.7. The SMILES string of the molecule is COc1ccc(COC(=O)C2=C(OP(=O)(Oc3ccccc3)Oc3ccccc3)[C@H](C)[C@H]3[C@@H]([C@@H](C)O)C(=O)N23)cc1. The molecule has 0 aromatic heterocycles. The molecule has 0 aliphatic carbocycles. The lowest BCUT2D eigenvalue weighted by atomic mass is 9.79. The first-order valence-electron chi connectivity index (χ1n) is 13.0. The van der Waals surface area contributed by atoms with Crippen LogP contribution in [0.25, 0.3) is 0 Å². The average Bonchev–Trinajstić information content (AvgIpc) is 3.20. The van der Waals surface area contributed by atoms with Crippen LogP contribution >= 0.6 is 7.82 Å². The maximum absolute atomic E-state index is 14.2. The van der Waals surface area contributed by atoms with Crippen LogP contribution in [0.15, 0.2) is 96.4 Å². The number of phosphoric acid groups is 1. The van der Waals surface area contributed by atoms with Crippen molar-refractivity contribution in [2.75, 3.05) is 7.11 Å². The molecule has 11 heteroatoms. The Hall–Kier alpha value is -4.27. The summed E-state index contributed by atoms with van der Waals surface area (Å²) in [7, 11) is -2.93.